The molecule has 108 valence electrons. The molecule has 1 aliphatic heterocycles. The first-order valence-electron chi connectivity index (χ1n) is 7.12. The lowest BCUT2D eigenvalue weighted by atomic mass is 10.1. The van der Waals surface area contributed by atoms with Crippen molar-refractivity contribution in [1.82, 2.24) is 9.80 Å². The summed E-state index contributed by atoms with van der Waals surface area (Å²) < 4.78 is 0. The molecule has 0 bridgehead atoms. The molecule has 1 aromatic rings. The van der Waals surface area contributed by atoms with Gasteiger partial charge in [0.05, 0.1) is 0 Å². The Morgan fingerprint density at radius 1 is 1.20 bits per heavy atom. The number of carboxylic acid groups (broad SMARTS) is 1. The van der Waals surface area contributed by atoms with E-state index in [1.54, 1.807) is 6.08 Å². The van der Waals surface area contributed by atoms with E-state index in [-0.39, 0.29) is 0 Å². The normalized spacial score (nSPS) is 17.6. The summed E-state index contributed by atoms with van der Waals surface area (Å²) in [4.78, 5) is 15.5. The molecule has 1 aliphatic rings. The molecule has 20 heavy (non-hydrogen) atoms. The monoisotopic (exact) mass is 274 g/mol. The maximum atomic E-state index is 10.6. The van der Waals surface area contributed by atoms with E-state index in [1.807, 2.05) is 18.2 Å². The third kappa shape index (κ3) is 4.18. The second-order valence-corrected chi connectivity index (χ2v) is 5.08. The molecule has 4 heteroatoms. The number of carbonyl (C=O) groups is 1. The zero-order chi connectivity index (χ0) is 14.4. The molecule has 1 saturated heterocycles. The van der Waals surface area contributed by atoms with Crippen molar-refractivity contribution in [2.24, 2.45) is 0 Å². The van der Waals surface area contributed by atoms with Crippen LogP contribution in [0.1, 0.15) is 18.1 Å². The van der Waals surface area contributed by atoms with E-state index in [2.05, 4.69) is 22.8 Å². The highest BCUT2D eigenvalue weighted by Gasteiger charge is 2.16. The molecule has 0 aromatic heterocycles. The third-order valence-electron chi connectivity index (χ3n) is 3.77. The zero-order valence-electron chi connectivity index (χ0n) is 12.0. The number of nitrogens with zero attached hydrogens (tertiary/aromatic N) is 2. The maximum Gasteiger partial charge on any atom is 0.328 e. The van der Waals surface area contributed by atoms with Gasteiger partial charge in [0, 0.05) is 38.8 Å². The van der Waals surface area contributed by atoms with Crippen LogP contribution in [0.4, 0.5) is 0 Å². The van der Waals surface area contributed by atoms with Crippen LogP contribution in [0, 0.1) is 0 Å². The Balaban J connectivity index is 2.01. The van der Waals surface area contributed by atoms with Crippen LogP contribution >= 0.6 is 0 Å². The van der Waals surface area contributed by atoms with Gasteiger partial charge in [-0.05, 0) is 23.7 Å². The molecule has 0 atom stereocenters. The second kappa shape index (κ2) is 7.22. The highest BCUT2D eigenvalue weighted by Crippen LogP contribution is 2.15. The van der Waals surface area contributed by atoms with E-state index in [0.717, 1.165) is 44.8 Å². The Kier molecular flexibility index (Phi) is 5.32. The number of piperazine rings is 1. The average Bonchev–Trinajstić information content (AvgIpc) is 2.47. The molecular formula is C16H22N2O2. The molecule has 1 N–H and O–H groups in total. The minimum atomic E-state index is -0.906. The maximum absolute atomic E-state index is 10.6. The van der Waals surface area contributed by atoms with Crippen LogP contribution in [-0.2, 0) is 11.3 Å². The van der Waals surface area contributed by atoms with Gasteiger partial charge in [0.25, 0.3) is 0 Å². The first-order chi connectivity index (χ1) is 9.69. The van der Waals surface area contributed by atoms with Gasteiger partial charge in [-0.15, -0.1) is 0 Å². The number of aliphatic carboxylic acids is 1. The van der Waals surface area contributed by atoms with Crippen molar-refractivity contribution in [3.63, 3.8) is 0 Å². The minimum absolute atomic E-state index is 0.887. The lowest BCUT2D eigenvalue weighted by molar-refractivity contribution is -0.131. The zero-order valence-corrected chi connectivity index (χ0v) is 12.0. The minimum Gasteiger partial charge on any atom is -0.478 e. The van der Waals surface area contributed by atoms with Crippen LogP contribution in [0.5, 0.6) is 0 Å². The van der Waals surface area contributed by atoms with Crippen LogP contribution in [0.2, 0.25) is 0 Å². The molecule has 0 spiro atoms. The average molecular weight is 274 g/mol. The number of likely N-dealkylation sites (N-methyl/N-ethyl adjacent to an activating group) is 1. The number of benzene rings is 1. The summed E-state index contributed by atoms with van der Waals surface area (Å²) in [6.45, 7) is 8.58. The summed E-state index contributed by atoms with van der Waals surface area (Å²) in [6, 6.07) is 8.00. The van der Waals surface area contributed by atoms with Gasteiger partial charge >= 0.3 is 5.97 Å². The van der Waals surface area contributed by atoms with Crippen molar-refractivity contribution < 1.29 is 9.90 Å². The fraction of sp³-hybridized carbons (Fsp3) is 0.438. The largest absolute Gasteiger partial charge is 0.478 e. The summed E-state index contributed by atoms with van der Waals surface area (Å²) in [7, 11) is 0. The van der Waals surface area contributed by atoms with E-state index >= 15 is 0 Å². The van der Waals surface area contributed by atoms with Gasteiger partial charge in [0.2, 0.25) is 0 Å². The quantitative estimate of drug-likeness (QED) is 0.833. The predicted octanol–water partition coefficient (Wildman–Crippen LogP) is 1.92. The number of rotatable bonds is 5. The van der Waals surface area contributed by atoms with Crippen molar-refractivity contribution in [2.75, 3.05) is 32.7 Å². The lowest BCUT2D eigenvalue weighted by Gasteiger charge is -2.34. The van der Waals surface area contributed by atoms with Gasteiger partial charge in [-0.25, -0.2) is 4.79 Å². The Morgan fingerprint density at radius 2 is 1.85 bits per heavy atom. The molecule has 1 aromatic carbocycles. The SMILES string of the molecule is CCN1CCN(Cc2ccccc2C=CC(=O)O)CC1. The molecule has 0 amide bonds. The Hall–Kier alpha value is -1.65. The summed E-state index contributed by atoms with van der Waals surface area (Å²) in [6.07, 6.45) is 2.88. The molecule has 0 saturated carbocycles. The van der Waals surface area contributed by atoms with Crippen LogP contribution in [0.25, 0.3) is 6.08 Å². The van der Waals surface area contributed by atoms with Crippen LogP contribution < -0.4 is 0 Å². The van der Waals surface area contributed by atoms with E-state index in [4.69, 9.17) is 5.11 Å². The molecular weight excluding hydrogens is 252 g/mol. The topological polar surface area (TPSA) is 43.8 Å². The van der Waals surface area contributed by atoms with Crippen molar-refractivity contribution in [3.8, 4) is 0 Å². The highest BCUT2D eigenvalue weighted by atomic mass is 16.4. The first kappa shape index (κ1) is 14.8. The number of carboxylic acids is 1. The molecule has 0 radical (unpaired) electrons. The fourth-order valence-corrected chi connectivity index (χ4v) is 2.51. The van der Waals surface area contributed by atoms with Gasteiger partial charge in [-0.2, -0.15) is 0 Å². The number of hydrogen-bond donors (Lipinski definition) is 1. The molecule has 4 nitrogen and oxygen atoms in total. The van der Waals surface area contributed by atoms with Gasteiger partial charge in [-0.3, -0.25) is 4.90 Å². The predicted molar refractivity (Wildman–Crippen MR) is 80.5 cm³/mol. The summed E-state index contributed by atoms with van der Waals surface area (Å²) in [5, 5.41) is 8.74. The lowest BCUT2D eigenvalue weighted by Crippen LogP contribution is -2.45. The van der Waals surface area contributed by atoms with E-state index in [0.29, 0.717) is 0 Å². The Labute approximate surface area is 120 Å². The molecule has 1 heterocycles. The molecule has 0 aliphatic carbocycles. The van der Waals surface area contributed by atoms with Gasteiger partial charge < -0.3 is 10.0 Å². The van der Waals surface area contributed by atoms with E-state index in [9.17, 15) is 4.79 Å². The van der Waals surface area contributed by atoms with Crippen molar-refractivity contribution in [3.05, 3.63) is 41.5 Å². The summed E-state index contributed by atoms with van der Waals surface area (Å²) in [5.41, 5.74) is 2.18. The highest BCUT2D eigenvalue weighted by molar-refractivity contribution is 5.85. The van der Waals surface area contributed by atoms with Crippen LogP contribution in [0.15, 0.2) is 30.3 Å². The van der Waals surface area contributed by atoms with Crippen molar-refractivity contribution in [1.29, 1.82) is 0 Å². The second-order valence-electron chi connectivity index (χ2n) is 5.08. The van der Waals surface area contributed by atoms with Crippen molar-refractivity contribution >= 4 is 12.0 Å². The standard InChI is InChI=1S/C16H22N2O2/c1-2-17-9-11-18(12-10-17)13-15-6-4-3-5-14(15)7-8-16(19)20/h3-8H,2,9-13H2,1H3,(H,19,20). The van der Waals surface area contributed by atoms with E-state index in [1.165, 1.54) is 11.6 Å². The molecule has 0 unspecified atom stereocenters. The van der Waals surface area contributed by atoms with Gasteiger partial charge in [-0.1, -0.05) is 31.2 Å². The Bertz CT molecular complexity index is 477. The van der Waals surface area contributed by atoms with Crippen LogP contribution in [-0.4, -0.2) is 53.6 Å². The fourth-order valence-electron chi connectivity index (χ4n) is 2.51. The first-order valence-corrected chi connectivity index (χ1v) is 7.12. The number of hydrogen-bond acceptors (Lipinski definition) is 3. The smallest absolute Gasteiger partial charge is 0.328 e. The van der Waals surface area contributed by atoms with Crippen LogP contribution in [0.3, 0.4) is 0 Å². The van der Waals surface area contributed by atoms with Crippen molar-refractivity contribution in [2.45, 2.75) is 13.5 Å². The van der Waals surface area contributed by atoms with E-state index < -0.39 is 5.97 Å². The van der Waals surface area contributed by atoms with Gasteiger partial charge in [0.1, 0.15) is 0 Å². The third-order valence-corrected chi connectivity index (χ3v) is 3.77. The summed E-state index contributed by atoms with van der Waals surface area (Å²) in [5.74, 6) is -0.906. The molecule has 1 fully saturated rings. The Morgan fingerprint density at radius 3 is 2.50 bits per heavy atom. The summed E-state index contributed by atoms with van der Waals surface area (Å²) >= 11 is 0. The molecule has 2 rings (SSSR count). The van der Waals surface area contributed by atoms with Gasteiger partial charge in [0.15, 0.2) is 0 Å².